The molecule has 170 valence electrons. The number of benzene rings is 2. The lowest BCUT2D eigenvalue weighted by Gasteiger charge is -2.17. The number of alkyl halides is 5. The fourth-order valence-electron chi connectivity index (χ4n) is 2.56. The van der Waals surface area contributed by atoms with Gasteiger partial charge >= 0.3 is 13.0 Å². The van der Waals surface area contributed by atoms with Gasteiger partial charge in [0.05, 0.1) is 0 Å². The molecule has 0 spiro atoms. The van der Waals surface area contributed by atoms with Gasteiger partial charge in [0.15, 0.2) is 16.7 Å². The molecule has 0 radical (unpaired) electrons. The zero-order valence-corrected chi connectivity index (χ0v) is 16.8. The zero-order valence-electron chi connectivity index (χ0n) is 16.0. The lowest BCUT2D eigenvalue weighted by atomic mass is 10.1. The Hall–Kier alpha value is -3.48. The van der Waals surface area contributed by atoms with Crippen LogP contribution in [0.1, 0.15) is 15.2 Å². The lowest BCUT2D eigenvalue weighted by Crippen LogP contribution is -2.18. The molecule has 1 heterocycles. The van der Waals surface area contributed by atoms with E-state index < -0.39 is 30.3 Å². The van der Waals surface area contributed by atoms with Gasteiger partial charge in [0.25, 0.3) is 0 Å². The summed E-state index contributed by atoms with van der Waals surface area (Å²) in [6, 6.07) is 7.72. The van der Waals surface area contributed by atoms with Crippen LogP contribution >= 0.6 is 11.3 Å². The summed E-state index contributed by atoms with van der Waals surface area (Å²) in [4.78, 5) is 18.1. The van der Waals surface area contributed by atoms with Crippen LogP contribution in [0, 0.1) is 5.82 Å². The maximum absolute atomic E-state index is 14.0. The van der Waals surface area contributed by atoms with E-state index in [0.29, 0.717) is 0 Å². The van der Waals surface area contributed by atoms with Gasteiger partial charge < -0.3 is 20.1 Å². The number of ketones is 1. The van der Waals surface area contributed by atoms with Crippen LogP contribution in [0.15, 0.2) is 42.5 Å². The molecule has 0 bridgehead atoms. The zero-order chi connectivity index (χ0) is 23.6. The van der Waals surface area contributed by atoms with Gasteiger partial charge in [0, 0.05) is 24.4 Å². The van der Waals surface area contributed by atoms with Crippen LogP contribution in [-0.4, -0.2) is 30.8 Å². The standard InChI is InChI=1S/C19H13F6N3O3S/c1-28(10-4-7-13(12(20)8-10)31-19(23,24)25)18-27-16(26)15(32-18)14(29)9-2-5-11(6-3-9)30-17(21)22/h2-8,17H,26H2,1H3. The summed E-state index contributed by atoms with van der Waals surface area (Å²) in [5.41, 5.74) is 6.08. The van der Waals surface area contributed by atoms with E-state index in [0.717, 1.165) is 23.5 Å². The largest absolute Gasteiger partial charge is 0.573 e. The number of carbonyl (C=O) groups is 1. The predicted molar refractivity (Wildman–Crippen MR) is 104 cm³/mol. The van der Waals surface area contributed by atoms with Crippen molar-refractivity contribution >= 4 is 33.8 Å². The first-order valence-corrected chi connectivity index (χ1v) is 9.41. The highest BCUT2D eigenvalue weighted by molar-refractivity contribution is 7.18. The fraction of sp³-hybridized carbons (Fsp3) is 0.158. The molecule has 0 aliphatic heterocycles. The highest BCUT2D eigenvalue weighted by Crippen LogP contribution is 2.35. The summed E-state index contributed by atoms with van der Waals surface area (Å²) in [6.45, 7) is -3.01. The van der Waals surface area contributed by atoms with Crippen molar-refractivity contribution in [1.82, 2.24) is 4.98 Å². The Balaban J connectivity index is 1.81. The second-order valence-electron chi connectivity index (χ2n) is 6.16. The molecule has 0 unspecified atom stereocenters. The second kappa shape index (κ2) is 8.94. The van der Waals surface area contributed by atoms with Gasteiger partial charge in [-0.1, -0.05) is 11.3 Å². The highest BCUT2D eigenvalue weighted by atomic mass is 32.1. The van der Waals surface area contributed by atoms with E-state index in [1.54, 1.807) is 0 Å². The number of thiazole rings is 1. The van der Waals surface area contributed by atoms with Crippen molar-refractivity contribution in [3.05, 3.63) is 58.7 Å². The molecule has 2 N–H and O–H groups in total. The fourth-order valence-corrected chi connectivity index (χ4v) is 3.49. The molecule has 3 rings (SSSR count). The molecule has 3 aromatic rings. The van der Waals surface area contributed by atoms with Crippen molar-refractivity contribution in [2.75, 3.05) is 17.7 Å². The van der Waals surface area contributed by atoms with Gasteiger partial charge in [-0.3, -0.25) is 4.79 Å². The Morgan fingerprint density at radius 2 is 1.81 bits per heavy atom. The Labute approximate surface area is 180 Å². The SMILES string of the molecule is CN(c1ccc(OC(F)(F)F)c(F)c1)c1nc(N)c(C(=O)c2ccc(OC(F)F)cc2)s1. The normalized spacial score (nSPS) is 11.5. The van der Waals surface area contributed by atoms with Crippen molar-refractivity contribution in [1.29, 1.82) is 0 Å². The molecule has 6 nitrogen and oxygen atoms in total. The Kier molecular flexibility index (Phi) is 6.48. The summed E-state index contributed by atoms with van der Waals surface area (Å²) in [5, 5.41) is 0.160. The first-order chi connectivity index (χ1) is 14.9. The molecule has 2 aromatic carbocycles. The number of nitrogen functional groups attached to an aromatic ring is 1. The first kappa shape index (κ1) is 23.2. The van der Waals surface area contributed by atoms with Gasteiger partial charge in [-0.15, -0.1) is 13.2 Å². The van der Waals surface area contributed by atoms with Gasteiger partial charge in [-0.05, 0) is 36.4 Å². The van der Waals surface area contributed by atoms with Crippen LogP contribution in [0.5, 0.6) is 11.5 Å². The Morgan fingerprint density at radius 3 is 2.38 bits per heavy atom. The molecule has 0 fully saturated rings. The molecule has 0 aliphatic rings. The van der Waals surface area contributed by atoms with E-state index in [2.05, 4.69) is 14.5 Å². The van der Waals surface area contributed by atoms with E-state index in [1.807, 2.05) is 0 Å². The average Bonchev–Trinajstić information content (AvgIpc) is 3.09. The summed E-state index contributed by atoms with van der Waals surface area (Å²) in [5.74, 6) is -3.05. The van der Waals surface area contributed by atoms with Crippen molar-refractivity contribution in [3.63, 3.8) is 0 Å². The van der Waals surface area contributed by atoms with Crippen LogP contribution in [0.25, 0.3) is 0 Å². The van der Waals surface area contributed by atoms with Crippen LogP contribution in [0.2, 0.25) is 0 Å². The average molecular weight is 477 g/mol. The Bertz CT molecular complexity index is 1120. The number of anilines is 3. The summed E-state index contributed by atoms with van der Waals surface area (Å²) >= 11 is 0.856. The van der Waals surface area contributed by atoms with Crippen LogP contribution < -0.4 is 20.1 Å². The van der Waals surface area contributed by atoms with E-state index in [9.17, 15) is 31.1 Å². The number of hydrogen-bond donors (Lipinski definition) is 1. The Morgan fingerprint density at radius 1 is 1.16 bits per heavy atom. The van der Waals surface area contributed by atoms with E-state index in [-0.39, 0.29) is 32.8 Å². The number of rotatable bonds is 7. The van der Waals surface area contributed by atoms with Crippen molar-refractivity contribution in [3.8, 4) is 11.5 Å². The minimum absolute atomic E-state index is 0.0341. The summed E-state index contributed by atoms with van der Waals surface area (Å²) < 4.78 is 83.2. The van der Waals surface area contributed by atoms with E-state index in [4.69, 9.17) is 5.73 Å². The molecule has 13 heteroatoms. The van der Waals surface area contributed by atoms with Crippen LogP contribution in [0.4, 0.5) is 43.0 Å². The van der Waals surface area contributed by atoms with Crippen LogP contribution in [-0.2, 0) is 0 Å². The van der Waals surface area contributed by atoms with Gasteiger partial charge in [0.1, 0.15) is 16.4 Å². The van der Waals surface area contributed by atoms with Crippen molar-refractivity contribution in [2.45, 2.75) is 13.0 Å². The molecule has 0 aliphatic carbocycles. The minimum Gasteiger partial charge on any atom is -0.435 e. The minimum atomic E-state index is -5.04. The lowest BCUT2D eigenvalue weighted by molar-refractivity contribution is -0.275. The second-order valence-corrected chi connectivity index (χ2v) is 7.14. The maximum Gasteiger partial charge on any atom is 0.573 e. The number of ether oxygens (including phenoxy) is 2. The third-order valence-corrected chi connectivity index (χ3v) is 5.15. The quantitative estimate of drug-likeness (QED) is 0.365. The molecule has 32 heavy (non-hydrogen) atoms. The van der Waals surface area contributed by atoms with Gasteiger partial charge in [-0.2, -0.15) is 8.78 Å². The van der Waals surface area contributed by atoms with Crippen LogP contribution in [0.3, 0.4) is 0 Å². The maximum atomic E-state index is 14.0. The van der Waals surface area contributed by atoms with Crippen molar-refractivity contribution in [2.24, 2.45) is 0 Å². The number of nitrogens with zero attached hydrogens (tertiary/aromatic N) is 2. The number of halogens is 6. The highest BCUT2D eigenvalue weighted by Gasteiger charge is 2.32. The van der Waals surface area contributed by atoms with Gasteiger partial charge in [-0.25, -0.2) is 9.37 Å². The van der Waals surface area contributed by atoms with E-state index >= 15 is 0 Å². The molecule has 0 saturated heterocycles. The molecular formula is C19H13F6N3O3S. The summed E-state index contributed by atoms with van der Waals surface area (Å²) in [6.07, 6.45) is -5.04. The molecular weight excluding hydrogens is 464 g/mol. The number of nitrogens with two attached hydrogens (primary N) is 1. The topological polar surface area (TPSA) is 77.7 Å². The van der Waals surface area contributed by atoms with Crippen molar-refractivity contribution < 1.29 is 40.6 Å². The molecule has 0 atom stereocenters. The molecule has 0 amide bonds. The monoisotopic (exact) mass is 477 g/mol. The smallest absolute Gasteiger partial charge is 0.435 e. The number of hydrogen-bond acceptors (Lipinski definition) is 7. The van der Waals surface area contributed by atoms with E-state index in [1.165, 1.54) is 42.3 Å². The molecule has 0 saturated carbocycles. The number of carbonyl (C=O) groups excluding carboxylic acids is 1. The number of aromatic nitrogens is 1. The van der Waals surface area contributed by atoms with Gasteiger partial charge in [0.2, 0.25) is 5.78 Å². The molecule has 1 aromatic heterocycles. The third kappa shape index (κ3) is 5.41. The summed E-state index contributed by atoms with van der Waals surface area (Å²) in [7, 11) is 1.45. The first-order valence-electron chi connectivity index (χ1n) is 8.59. The predicted octanol–water partition coefficient (Wildman–Crippen LogP) is 5.36. The third-order valence-electron chi connectivity index (χ3n) is 4.01.